The monoisotopic (exact) mass is 439 g/mol. The second kappa shape index (κ2) is 9.09. The summed E-state index contributed by atoms with van der Waals surface area (Å²) in [6.07, 6.45) is 0. The molecule has 0 saturated heterocycles. The fourth-order valence-corrected chi connectivity index (χ4v) is 3.78. The summed E-state index contributed by atoms with van der Waals surface area (Å²) in [7, 11) is 1.17. The van der Waals surface area contributed by atoms with Crippen LogP contribution in [0.2, 0.25) is 0 Å². The van der Waals surface area contributed by atoms with E-state index < -0.39 is 30.1 Å². The lowest BCUT2D eigenvalue weighted by Gasteiger charge is -2.17. The predicted molar refractivity (Wildman–Crippen MR) is 118 cm³/mol. The molecule has 1 heterocycles. The van der Waals surface area contributed by atoms with Gasteiger partial charge in [0.25, 0.3) is 5.56 Å². The highest BCUT2D eigenvalue weighted by molar-refractivity contribution is 6.03. The molecule has 0 spiro atoms. The van der Waals surface area contributed by atoms with Crippen molar-refractivity contribution in [3.05, 3.63) is 69.0 Å². The zero-order valence-corrected chi connectivity index (χ0v) is 18.3. The molecule has 0 fully saturated rings. The second-order valence-electron chi connectivity index (χ2n) is 7.71. The van der Waals surface area contributed by atoms with Gasteiger partial charge in [0.2, 0.25) is 0 Å². The maximum Gasteiger partial charge on any atom is 0.344 e. The molecule has 0 aliphatic carbocycles. The number of esters is 1. The van der Waals surface area contributed by atoms with E-state index in [0.717, 1.165) is 26.1 Å². The van der Waals surface area contributed by atoms with Crippen LogP contribution in [0.5, 0.6) is 0 Å². The number of fused-ring (bicyclic) bond motifs is 1. The molecule has 1 amide bonds. The summed E-state index contributed by atoms with van der Waals surface area (Å²) >= 11 is 0. The second-order valence-corrected chi connectivity index (χ2v) is 7.71. The van der Waals surface area contributed by atoms with Crippen LogP contribution in [0.15, 0.2) is 41.2 Å². The zero-order chi connectivity index (χ0) is 23.6. The Morgan fingerprint density at radius 2 is 1.81 bits per heavy atom. The average molecular weight is 439 g/mol. The number of aromatic carboxylic acids is 1. The van der Waals surface area contributed by atoms with Crippen molar-refractivity contribution >= 4 is 28.9 Å². The molecular weight excluding hydrogens is 414 g/mol. The molecule has 2 N–H and O–H groups in total. The number of ether oxygens (including phenoxy) is 1. The van der Waals surface area contributed by atoms with Gasteiger partial charge in [-0.3, -0.25) is 14.3 Å². The largest absolute Gasteiger partial charge is 0.478 e. The Labute approximate surface area is 184 Å². The van der Waals surface area contributed by atoms with Crippen LogP contribution >= 0.6 is 0 Å². The molecule has 3 rings (SSSR count). The van der Waals surface area contributed by atoms with Crippen LogP contribution in [-0.2, 0) is 22.6 Å². The van der Waals surface area contributed by atoms with Crippen molar-refractivity contribution in [2.75, 3.05) is 7.11 Å². The highest BCUT2D eigenvalue weighted by Crippen LogP contribution is 2.22. The molecular formula is C23H25N3O6. The third-order valence-electron chi connectivity index (χ3n) is 5.37. The highest BCUT2D eigenvalue weighted by Gasteiger charge is 2.24. The van der Waals surface area contributed by atoms with E-state index in [1.807, 2.05) is 39.0 Å². The molecule has 0 aliphatic heterocycles. The number of aryl methyl sites for hydroxylation is 1. The number of rotatable bonds is 6. The Bertz CT molecular complexity index is 1270. The van der Waals surface area contributed by atoms with Gasteiger partial charge in [-0.05, 0) is 41.7 Å². The Morgan fingerprint density at radius 1 is 1.12 bits per heavy atom. The molecule has 0 atom stereocenters. The molecule has 9 heteroatoms. The quantitative estimate of drug-likeness (QED) is 0.570. The molecule has 0 unspecified atom stereocenters. The Hall–Kier alpha value is -3.88. The first-order chi connectivity index (χ1) is 15.2. The minimum atomic E-state index is -1.28. The van der Waals surface area contributed by atoms with Gasteiger partial charge < -0.3 is 15.2 Å². The fraction of sp³-hybridized carbons (Fsp3) is 0.304. The lowest BCUT2D eigenvalue weighted by molar-refractivity contribution is -0.141. The van der Waals surface area contributed by atoms with Gasteiger partial charge in [-0.25, -0.2) is 9.59 Å². The molecule has 2 aromatic carbocycles. The molecule has 0 bridgehead atoms. The van der Waals surface area contributed by atoms with E-state index in [4.69, 9.17) is 0 Å². The summed E-state index contributed by atoms with van der Waals surface area (Å²) in [5.41, 5.74) is 2.05. The number of nitrogens with zero attached hydrogens (tertiary/aromatic N) is 2. The summed E-state index contributed by atoms with van der Waals surface area (Å²) in [6, 6.07) is 9.24. The van der Waals surface area contributed by atoms with Gasteiger partial charge in [-0.2, -0.15) is 4.68 Å². The topological polar surface area (TPSA) is 120 Å². The molecule has 32 heavy (non-hydrogen) atoms. The number of carboxylic acids is 1. The molecule has 0 saturated carbocycles. The predicted octanol–water partition coefficient (Wildman–Crippen LogP) is 2.86. The van der Waals surface area contributed by atoms with Crippen molar-refractivity contribution in [3.8, 4) is 0 Å². The number of aromatic nitrogens is 2. The zero-order valence-electron chi connectivity index (χ0n) is 18.3. The Kier molecular flexibility index (Phi) is 6.47. The van der Waals surface area contributed by atoms with Crippen LogP contribution in [0.25, 0.3) is 10.9 Å². The van der Waals surface area contributed by atoms with Crippen LogP contribution in [0.4, 0.5) is 4.79 Å². The lowest BCUT2D eigenvalue weighted by Crippen LogP contribution is -2.39. The van der Waals surface area contributed by atoms with Crippen LogP contribution in [-0.4, -0.2) is 39.5 Å². The van der Waals surface area contributed by atoms with Crippen LogP contribution in [0.3, 0.4) is 0 Å². The molecule has 0 aliphatic rings. The van der Waals surface area contributed by atoms with Gasteiger partial charge in [-0.15, -0.1) is 0 Å². The Balaban J connectivity index is 2.10. The number of para-hydroxylation sites is 1. The number of benzene rings is 2. The summed E-state index contributed by atoms with van der Waals surface area (Å²) in [6.45, 7) is 5.69. The first-order valence-corrected chi connectivity index (χ1v) is 10.1. The van der Waals surface area contributed by atoms with Gasteiger partial charge in [0.05, 0.1) is 23.6 Å². The van der Waals surface area contributed by atoms with Gasteiger partial charge in [0.15, 0.2) is 0 Å². The van der Waals surface area contributed by atoms with E-state index in [-0.39, 0.29) is 28.9 Å². The van der Waals surface area contributed by atoms with Crippen LogP contribution in [0, 0.1) is 6.92 Å². The maximum absolute atomic E-state index is 13.1. The third-order valence-corrected chi connectivity index (χ3v) is 5.37. The standard InChI is InChI=1S/C23H25N3O6/c1-13(2)15-8-5-7-14(3)18(15)11-24-23(31)26-21(28)16-9-6-10-17(22(29)30)20(16)25(26)12-19(27)32-4/h5-10,13H,11-12H2,1-4H3,(H,24,31)(H,29,30). The number of nitrogens with one attached hydrogen (secondary N) is 1. The van der Waals surface area contributed by atoms with E-state index in [1.54, 1.807) is 0 Å². The van der Waals surface area contributed by atoms with Gasteiger partial charge in [0.1, 0.15) is 6.54 Å². The smallest absolute Gasteiger partial charge is 0.344 e. The summed E-state index contributed by atoms with van der Waals surface area (Å²) in [5.74, 6) is -1.79. The molecule has 3 aromatic rings. The van der Waals surface area contributed by atoms with E-state index in [0.29, 0.717) is 0 Å². The van der Waals surface area contributed by atoms with Crippen molar-refractivity contribution in [3.63, 3.8) is 0 Å². The maximum atomic E-state index is 13.1. The van der Waals surface area contributed by atoms with Crippen molar-refractivity contribution in [2.24, 2.45) is 0 Å². The number of carbonyl (C=O) groups excluding carboxylic acids is 2. The van der Waals surface area contributed by atoms with E-state index in [2.05, 4.69) is 10.1 Å². The van der Waals surface area contributed by atoms with Gasteiger partial charge >= 0.3 is 18.0 Å². The number of amides is 1. The number of hydrogen-bond donors (Lipinski definition) is 2. The van der Waals surface area contributed by atoms with Crippen LogP contribution < -0.4 is 10.9 Å². The number of methoxy groups -OCH3 is 1. The number of carbonyl (C=O) groups is 3. The fourth-order valence-electron chi connectivity index (χ4n) is 3.78. The first kappa shape index (κ1) is 22.8. The van der Waals surface area contributed by atoms with Gasteiger partial charge in [-0.1, -0.05) is 38.1 Å². The summed E-state index contributed by atoms with van der Waals surface area (Å²) in [4.78, 5) is 49.8. The average Bonchev–Trinajstić information content (AvgIpc) is 3.03. The van der Waals surface area contributed by atoms with Crippen molar-refractivity contribution < 1.29 is 24.2 Å². The van der Waals surface area contributed by atoms with Crippen molar-refractivity contribution in [1.82, 2.24) is 14.7 Å². The third kappa shape index (κ3) is 4.14. The molecule has 168 valence electrons. The van der Waals surface area contributed by atoms with Crippen molar-refractivity contribution in [2.45, 2.75) is 39.8 Å². The summed E-state index contributed by atoms with van der Waals surface area (Å²) in [5, 5.41) is 12.3. The summed E-state index contributed by atoms with van der Waals surface area (Å²) < 4.78 is 6.48. The SMILES string of the molecule is COC(=O)Cn1c2c(C(=O)O)cccc2c(=O)n1C(=O)NCc1c(C)cccc1C(C)C. The van der Waals surface area contributed by atoms with E-state index in [9.17, 15) is 24.3 Å². The minimum Gasteiger partial charge on any atom is -0.478 e. The lowest BCUT2D eigenvalue weighted by atomic mass is 9.94. The minimum absolute atomic E-state index is 0.0164. The van der Waals surface area contributed by atoms with E-state index in [1.165, 1.54) is 25.3 Å². The first-order valence-electron chi connectivity index (χ1n) is 10.1. The van der Waals surface area contributed by atoms with Crippen molar-refractivity contribution in [1.29, 1.82) is 0 Å². The molecule has 9 nitrogen and oxygen atoms in total. The molecule has 1 aromatic heterocycles. The van der Waals surface area contributed by atoms with E-state index >= 15 is 0 Å². The van der Waals surface area contributed by atoms with Crippen LogP contribution in [0.1, 0.15) is 46.8 Å². The highest BCUT2D eigenvalue weighted by atomic mass is 16.5. The number of hydrogen-bond acceptors (Lipinski definition) is 5. The Morgan fingerprint density at radius 3 is 2.44 bits per heavy atom. The normalized spacial score (nSPS) is 11.0. The van der Waals surface area contributed by atoms with Gasteiger partial charge in [0, 0.05) is 6.54 Å². The molecule has 0 radical (unpaired) electrons. The number of carboxylic acid groups (broad SMARTS) is 1.